The number of furan rings is 2. The van der Waals surface area contributed by atoms with Gasteiger partial charge in [0.15, 0.2) is 18.2 Å². The van der Waals surface area contributed by atoms with Gasteiger partial charge in [0, 0.05) is 54.0 Å². The van der Waals surface area contributed by atoms with Crippen molar-refractivity contribution in [3.63, 3.8) is 0 Å². The SMILES string of the molecule is C=CC(=O)CC.C=CC(C)=O.CC(=O)Cc1coc2ccc(C)cc12.CCC(=O)CBr.CCC(=O)Cc1coc2ccc(C)cc12.Cc1ccc2c(c1)C(=O)CO2. The summed E-state index contributed by atoms with van der Waals surface area (Å²) >= 11 is 3.03. The summed E-state index contributed by atoms with van der Waals surface area (Å²) in [6.45, 7) is 21.3. The van der Waals surface area contributed by atoms with Gasteiger partial charge in [-0.1, -0.05) is 84.7 Å². The van der Waals surface area contributed by atoms with Gasteiger partial charge in [-0.2, -0.15) is 0 Å². The molecule has 0 saturated heterocycles. The van der Waals surface area contributed by atoms with Gasteiger partial charge in [-0.3, -0.25) is 28.8 Å². The molecular formula is C47H55BrO9. The van der Waals surface area contributed by atoms with E-state index < -0.39 is 0 Å². The molecule has 3 heterocycles. The van der Waals surface area contributed by atoms with Crippen molar-refractivity contribution in [2.75, 3.05) is 11.9 Å². The van der Waals surface area contributed by atoms with Crippen LogP contribution >= 0.6 is 15.9 Å². The maximum absolute atomic E-state index is 11.4. The smallest absolute Gasteiger partial charge is 0.203 e. The van der Waals surface area contributed by atoms with Gasteiger partial charge in [0.1, 0.15) is 34.3 Å². The molecule has 0 bridgehead atoms. The highest BCUT2D eigenvalue weighted by Gasteiger charge is 2.20. The number of halogens is 1. The van der Waals surface area contributed by atoms with E-state index in [1.807, 2.05) is 84.0 Å². The van der Waals surface area contributed by atoms with Gasteiger partial charge in [0.25, 0.3) is 0 Å². The summed E-state index contributed by atoms with van der Waals surface area (Å²) in [5.74, 6) is 1.60. The van der Waals surface area contributed by atoms with Crippen molar-refractivity contribution >= 4 is 72.6 Å². The molecule has 1 aliphatic heterocycles. The lowest BCUT2D eigenvalue weighted by Crippen LogP contribution is -1.99. The Kier molecular flexibility index (Phi) is 22.9. The minimum Gasteiger partial charge on any atom is -0.485 e. The van der Waals surface area contributed by atoms with E-state index in [4.69, 9.17) is 13.6 Å². The number of alkyl halides is 1. The first-order valence-electron chi connectivity index (χ1n) is 18.6. The number of hydrogen-bond acceptors (Lipinski definition) is 9. The molecule has 0 N–H and O–H groups in total. The van der Waals surface area contributed by atoms with Gasteiger partial charge in [-0.15, -0.1) is 0 Å². The largest absolute Gasteiger partial charge is 0.485 e. The van der Waals surface area contributed by atoms with Crippen molar-refractivity contribution in [1.29, 1.82) is 0 Å². The van der Waals surface area contributed by atoms with E-state index >= 15 is 0 Å². The standard InChI is InChI=1S/C13H14O2.C12H12O2.C9H8O2.C5H8O.C4H7BrO.C4H6O/c1-3-11(14)7-10-8-15-13-5-4-9(2)6-12(10)13;1-8-3-4-12-11(5-8)10(7-14-12)6-9(2)13;1-6-2-3-9-7(4-6)8(10)5-11-9;1-3-5(6)4-2;1-2-4(6)3-5;1-3-4(2)5/h4-6,8H,3,7H2,1-2H3;3-5,7H,6H2,1-2H3;2-4H,5H2,1H3;3H,1,4H2,2H3;2-3H2,1H3;3H,1H2,2H3. The van der Waals surface area contributed by atoms with Crippen LogP contribution in [-0.4, -0.2) is 46.6 Å². The number of aryl methyl sites for hydroxylation is 3. The van der Waals surface area contributed by atoms with Crippen LogP contribution in [0, 0.1) is 20.8 Å². The third-order valence-corrected chi connectivity index (χ3v) is 8.67. The average molecular weight is 844 g/mol. The topological polar surface area (TPSA) is 138 Å². The summed E-state index contributed by atoms with van der Waals surface area (Å²) in [5.41, 5.74) is 7.90. The molecule has 9 nitrogen and oxygen atoms in total. The lowest BCUT2D eigenvalue weighted by molar-refractivity contribution is -0.118. The van der Waals surface area contributed by atoms with Crippen molar-refractivity contribution in [3.05, 3.63) is 126 Å². The number of benzene rings is 3. The van der Waals surface area contributed by atoms with Crippen LogP contribution in [0.15, 0.2) is 101 Å². The van der Waals surface area contributed by atoms with Crippen LogP contribution in [0.4, 0.5) is 0 Å². The van der Waals surface area contributed by atoms with E-state index in [0.717, 1.165) is 49.9 Å². The molecule has 0 fully saturated rings. The van der Waals surface area contributed by atoms with E-state index in [1.165, 1.54) is 30.2 Å². The molecule has 0 radical (unpaired) electrons. The number of fused-ring (bicyclic) bond motifs is 3. The summed E-state index contributed by atoms with van der Waals surface area (Å²) in [6, 6.07) is 17.7. The van der Waals surface area contributed by atoms with Crippen molar-refractivity contribution in [1.82, 2.24) is 0 Å². The lowest BCUT2D eigenvalue weighted by atomic mass is 10.1. The van der Waals surface area contributed by atoms with Gasteiger partial charge >= 0.3 is 0 Å². The molecular weight excluding hydrogens is 788 g/mol. The first-order chi connectivity index (χ1) is 27.0. The van der Waals surface area contributed by atoms with E-state index in [1.54, 1.807) is 19.5 Å². The molecule has 3 aromatic carbocycles. The number of hydrogen-bond donors (Lipinski definition) is 0. The molecule has 0 atom stereocenters. The Balaban J connectivity index is 0.000000360. The minimum absolute atomic E-state index is 0.0185. The minimum atomic E-state index is 0.0185. The molecule has 10 heteroatoms. The Morgan fingerprint density at radius 2 is 1.16 bits per heavy atom. The third kappa shape index (κ3) is 18.3. The molecule has 0 aliphatic carbocycles. The van der Waals surface area contributed by atoms with Crippen LogP contribution in [0.5, 0.6) is 5.75 Å². The van der Waals surface area contributed by atoms with E-state index in [9.17, 15) is 28.8 Å². The van der Waals surface area contributed by atoms with Crippen LogP contribution in [-0.2, 0) is 36.8 Å². The van der Waals surface area contributed by atoms with Gasteiger partial charge in [-0.25, -0.2) is 0 Å². The molecule has 0 spiro atoms. The fourth-order valence-corrected chi connectivity index (χ4v) is 5.11. The highest BCUT2D eigenvalue weighted by molar-refractivity contribution is 9.09. The molecule has 57 heavy (non-hydrogen) atoms. The number of Topliss-reactive ketones (excluding diaryl/α,β-unsaturated/α-hetero) is 4. The lowest BCUT2D eigenvalue weighted by Gasteiger charge is -1.96. The number of ketones is 6. The number of ether oxygens (including phenoxy) is 1. The van der Waals surface area contributed by atoms with Gasteiger partial charge in [0.05, 0.1) is 23.4 Å². The van der Waals surface area contributed by atoms with Gasteiger partial charge < -0.3 is 13.6 Å². The highest BCUT2D eigenvalue weighted by Crippen LogP contribution is 2.26. The van der Waals surface area contributed by atoms with Crippen LogP contribution in [0.2, 0.25) is 0 Å². The van der Waals surface area contributed by atoms with Crippen molar-refractivity contribution in [2.24, 2.45) is 0 Å². The van der Waals surface area contributed by atoms with Crippen LogP contribution < -0.4 is 4.74 Å². The molecule has 0 amide bonds. The zero-order chi connectivity index (χ0) is 43.1. The Morgan fingerprint density at radius 3 is 1.54 bits per heavy atom. The predicted molar refractivity (Wildman–Crippen MR) is 232 cm³/mol. The van der Waals surface area contributed by atoms with E-state index in [2.05, 4.69) is 41.2 Å². The highest BCUT2D eigenvalue weighted by atomic mass is 79.9. The number of carbonyl (C=O) groups excluding carboxylic acids is 6. The van der Waals surface area contributed by atoms with E-state index in [-0.39, 0.29) is 41.3 Å². The maximum Gasteiger partial charge on any atom is 0.203 e. The number of carbonyl (C=O) groups is 6. The van der Waals surface area contributed by atoms with Crippen LogP contribution in [0.25, 0.3) is 21.9 Å². The normalized spacial score (nSPS) is 10.5. The number of rotatable bonds is 10. The third-order valence-electron chi connectivity index (χ3n) is 8.04. The molecule has 6 rings (SSSR count). The average Bonchev–Trinajstić information content (AvgIpc) is 3.91. The molecule has 0 saturated carbocycles. The van der Waals surface area contributed by atoms with Crippen LogP contribution in [0.3, 0.4) is 0 Å². The molecule has 0 unspecified atom stereocenters. The predicted octanol–water partition coefficient (Wildman–Crippen LogP) is 11.0. The second kappa shape index (κ2) is 26.4. The summed E-state index contributed by atoms with van der Waals surface area (Å²) < 4.78 is 15.9. The Bertz CT molecular complexity index is 2140. The second-order valence-corrected chi connectivity index (χ2v) is 13.6. The van der Waals surface area contributed by atoms with Crippen LogP contribution in [0.1, 0.15) is 92.1 Å². The quantitative estimate of drug-likeness (QED) is 0.0993. The molecule has 304 valence electrons. The molecule has 1 aliphatic rings. The molecule has 5 aromatic rings. The first-order valence-corrected chi connectivity index (χ1v) is 19.7. The van der Waals surface area contributed by atoms with Crippen molar-refractivity contribution in [2.45, 2.75) is 87.5 Å². The first kappa shape index (κ1) is 49.5. The monoisotopic (exact) mass is 842 g/mol. The zero-order valence-corrected chi connectivity index (χ0v) is 36.0. The Labute approximate surface area is 344 Å². The fraction of sp³-hybridized carbons (Fsp3) is 0.319. The summed E-state index contributed by atoms with van der Waals surface area (Å²) in [6.07, 6.45) is 8.71. The molecule has 2 aromatic heterocycles. The summed E-state index contributed by atoms with van der Waals surface area (Å²) in [7, 11) is 0. The number of allylic oxidation sites excluding steroid dienone is 2. The van der Waals surface area contributed by atoms with Gasteiger partial charge in [-0.05, 0) is 83.2 Å². The van der Waals surface area contributed by atoms with Crippen molar-refractivity contribution in [3.8, 4) is 5.75 Å². The van der Waals surface area contributed by atoms with Crippen molar-refractivity contribution < 1.29 is 42.3 Å². The Morgan fingerprint density at radius 1 is 0.684 bits per heavy atom. The zero-order valence-electron chi connectivity index (χ0n) is 34.4. The second-order valence-electron chi connectivity index (χ2n) is 13.0. The maximum atomic E-state index is 11.4. The van der Waals surface area contributed by atoms with E-state index in [0.29, 0.717) is 37.4 Å². The summed E-state index contributed by atoms with van der Waals surface area (Å²) in [4.78, 5) is 63.3. The van der Waals surface area contributed by atoms with Gasteiger partial charge in [0.2, 0.25) is 5.78 Å². The summed E-state index contributed by atoms with van der Waals surface area (Å²) in [5, 5.41) is 2.63. The Hall–Kier alpha value is -5.48. The fourth-order valence-electron chi connectivity index (χ4n) is 4.72.